The number of thiazole rings is 1. The number of hydrogen-bond donors (Lipinski definition) is 0. The van der Waals surface area contributed by atoms with Gasteiger partial charge in [0.25, 0.3) is 0 Å². The largest absolute Gasteiger partial charge is 0.461 e. The predicted octanol–water partition coefficient (Wildman–Crippen LogP) is 4.30. The zero-order valence-corrected chi connectivity index (χ0v) is 14.3. The molecule has 3 rings (SSSR count). The lowest BCUT2D eigenvalue weighted by Gasteiger charge is -2.03. The summed E-state index contributed by atoms with van der Waals surface area (Å²) in [5.74, 6) is -0.313. The Morgan fingerprint density at radius 1 is 1.12 bits per heavy atom. The first-order valence-electron chi connectivity index (χ1n) is 7.83. The maximum Gasteiger partial charge on any atom is 0.349 e. The van der Waals surface area contributed by atoms with Crippen LogP contribution in [0.3, 0.4) is 0 Å². The molecular weight excluding hydrogens is 320 g/mol. The van der Waals surface area contributed by atoms with Crippen molar-refractivity contribution < 1.29 is 9.53 Å². The van der Waals surface area contributed by atoms with Gasteiger partial charge in [-0.1, -0.05) is 36.4 Å². The van der Waals surface area contributed by atoms with E-state index in [4.69, 9.17) is 4.74 Å². The fourth-order valence-electron chi connectivity index (χ4n) is 2.31. The van der Waals surface area contributed by atoms with E-state index in [1.165, 1.54) is 11.3 Å². The number of benzene rings is 1. The van der Waals surface area contributed by atoms with Crippen LogP contribution in [0.4, 0.5) is 0 Å². The van der Waals surface area contributed by atoms with Gasteiger partial charge in [0.1, 0.15) is 9.88 Å². The summed E-state index contributed by atoms with van der Waals surface area (Å²) < 4.78 is 5.33. The first kappa shape index (κ1) is 16.3. The monoisotopic (exact) mass is 338 g/mol. The second-order valence-electron chi connectivity index (χ2n) is 5.41. The van der Waals surface area contributed by atoms with Crippen LogP contribution in [-0.2, 0) is 11.2 Å². The molecule has 0 bridgehead atoms. The van der Waals surface area contributed by atoms with Gasteiger partial charge in [-0.05, 0) is 31.9 Å². The van der Waals surface area contributed by atoms with Gasteiger partial charge in [-0.3, -0.25) is 4.98 Å². The Kier molecular flexibility index (Phi) is 5.33. The van der Waals surface area contributed by atoms with Gasteiger partial charge < -0.3 is 4.74 Å². The zero-order valence-electron chi connectivity index (χ0n) is 13.4. The van der Waals surface area contributed by atoms with Gasteiger partial charge in [-0.15, -0.1) is 11.3 Å². The lowest BCUT2D eigenvalue weighted by molar-refractivity contribution is 0.0506. The Bertz CT molecular complexity index is 815. The van der Waals surface area contributed by atoms with Crippen molar-refractivity contribution in [1.82, 2.24) is 9.97 Å². The number of aryl methyl sites for hydroxylation is 2. The van der Waals surface area contributed by atoms with E-state index in [1.54, 1.807) is 6.20 Å². The second-order valence-corrected chi connectivity index (χ2v) is 6.44. The molecule has 3 aromatic rings. The molecule has 0 N–H and O–H groups in total. The third-order valence-electron chi connectivity index (χ3n) is 3.48. The molecule has 0 atom stereocenters. The standard InChI is InChI=1S/C19H18N2O2S/c1-14-7-5-10-16(21-14)11-6-12-23-19(22)17-13-20-18(24-17)15-8-3-2-4-9-15/h2-5,7-10,13H,6,11-12H2,1H3. The Morgan fingerprint density at radius 2 is 1.96 bits per heavy atom. The molecule has 1 aromatic carbocycles. The number of aromatic nitrogens is 2. The molecule has 2 aromatic heterocycles. The zero-order chi connectivity index (χ0) is 16.8. The SMILES string of the molecule is Cc1cccc(CCCOC(=O)c2cnc(-c3ccccc3)s2)n1. The molecule has 4 nitrogen and oxygen atoms in total. The van der Waals surface area contributed by atoms with Crippen molar-refractivity contribution in [3.05, 3.63) is 71.0 Å². The van der Waals surface area contributed by atoms with Gasteiger partial charge >= 0.3 is 5.97 Å². The van der Waals surface area contributed by atoms with Crippen LogP contribution in [0.25, 0.3) is 10.6 Å². The Hall–Kier alpha value is -2.53. The highest BCUT2D eigenvalue weighted by Gasteiger charge is 2.12. The molecule has 0 fully saturated rings. The van der Waals surface area contributed by atoms with E-state index in [1.807, 2.05) is 55.5 Å². The Balaban J connectivity index is 1.50. The van der Waals surface area contributed by atoms with Gasteiger partial charge in [0.05, 0.1) is 12.8 Å². The number of carbonyl (C=O) groups excluding carboxylic acids is 1. The van der Waals surface area contributed by atoms with E-state index >= 15 is 0 Å². The van der Waals surface area contributed by atoms with Gasteiger partial charge in [0.2, 0.25) is 0 Å². The summed E-state index contributed by atoms with van der Waals surface area (Å²) in [6.45, 7) is 2.35. The molecule has 24 heavy (non-hydrogen) atoms. The number of carbonyl (C=O) groups is 1. The molecule has 0 radical (unpaired) electrons. The maximum atomic E-state index is 12.1. The van der Waals surface area contributed by atoms with Gasteiger partial charge in [0.15, 0.2) is 0 Å². The van der Waals surface area contributed by atoms with Crippen molar-refractivity contribution in [3.63, 3.8) is 0 Å². The Morgan fingerprint density at radius 3 is 2.75 bits per heavy atom. The van der Waals surface area contributed by atoms with E-state index < -0.39 is 0 Å². The minimum absolute atomic E-state index is 0.313. The second kappa shape index (κ2) is 7.84. The van der Waals surface area contributed by atoms with Crippen LogP contribution in [0.15, 0.2) is 54.7 Å². The molecule has 0 aliphatic carbocycles. The molecule has 122 valence electrons. The molecular formula is C19H18N2O2S. The van der Waals surface area contributed by atoms with Crippen LogP contribution in [-0.4, -0.2) is 22.5 Å². The van der Waals surface area contributed by atoms with Crippen molar-refractivity contribution in [2.24, 2.45) is 0 Å². The van der Waals surface area contributed by atoms with Gasteiger partial charge in [-0.2, -0.15) is 0 Å². The quantitative estimate of drug-likeness (QED) is 0.496. The average Bonchev–Trinajstić information content (AvgIpc) is 3.10. The smallest absolute Gasteiger partial charge is 0.349 e. The number of esters is 1. The van der Waals surface area contributed by atoms with Crippen molar-refractivity contribution in [3.8, 4) is 10.6 Å². The third-order valence-corrected chi connectivity index (χ3v) is 4.51. The number of hydrogen-bond acceptors (Lipinski definition) is 5. The maximum absolute atomic E-state index is 12.1. The van der Waals surface area contributed by atoms with E-state index in [0.29, 0.717) is 11.5 Å². The fourth-order valence-corrected chi connectivity index (χ4v) is 3.13. The average molecular weight is 338 g/mol. The number of ether oxygens (including phenoxy) is 1. The molecule has 5 heteroatoms. The molecule has 0 saturated carbocycles. The van der Waals surface area contributed by atoms with Gasteiger partial charge in [0, 0.05) is 17.0 Å². The van der Waals surface area contributed by atoms with Crippen LogP contribution < -0.4 is 0 Å². The van der Waals surface area contributed by atoms with Crippen molar-refractivity contribution >= 4 is 17.3 Å². The van der Waals surface area contributed by atoms with Crippen LogP contribution in [0.5, 0.6) is 0 Å². The van der Waals surface area contributed by atoms with Gasteiger partial charge in [-0.25, -0.2) is 9.78 Å². The number of pyridine rings is 1. The molecule has 0 aliphatic rings. The minimum atomic E-state index is -0.313. The molecule has 0 unspecified atom stereocenters. The first-order chi connectivity index (χ1) is 11.7. The van der Waals surface area contributed by atoms with E-state index in [0.717, 1.165) is 34.8 Å². The topological polar surface area (TPSA) is 52.1 Å². The summed E-state index contributed by atoms with van der Waals surface area (Å²) >= 11 is 1.35. The summed E-state index contributed by atoms with van der Waals surface area (Å²) in [4.78, 5) is 21.4. The molecule has 0 amide bonds. The highest BCUT2D eigenvalue weighted by Crippen LogP contribution is 2.25. The van der Waals surface area contributed by atoms with Crippen LogP contribution in [0, 0.1) is 6.92 Å². The van der Waals surface area contributed by atoms with E-state index in [9.17, 15) is 4.79 Å². The van der Waals surface area contributed by atoms with Crippen molar-refractivity contribution in [2.45, 2.75) is 19.8 Å². The minimum Gasteiger partial charge on any atom is -0.461 e. The lowest BCUT2D eigenvalue weighted by Crippen LogP contribution is -2.05. The fraction of sp³-hybridized carbons (Fsp3) is 0.211. The highest BCUT2D eigenvalue weighted by molar-refractivity contribution is 7.16. The number of rotatable bonds is 6. The summed E-state index contributed by atoms with van der Waals surface area (Å²) in [6.07, 6.45) is 3.14. The normalized spacial score (nSPS) is 10.5. The third kappa shape index (κ3) is 4.26. The first-order valence-corrected chi connectivity index (χ1v) is 8.65. The molecule has 2 heterocycles. The van der Waals surface area contributed by atoms with Crippen molar-refractivity contribution in [2.75, 3.05) is 6.61 Å². The molecule has 0 saturated heterocycles. The Labute approximate surface area is 145 Å². The van der Waals surface area contributed by atoms with Crippen LogP contribution in [0.1, 0.15) is 27.5 Å². The van der Waals surface area contributed by atoms with Crippen molar-refractivity contribution in [1.29, 1.82) is 0 Å². The summed E-state index contributed by atoms with van der Waals surface area (Å²) in [7, 11) is 0. The highest BCUT2D eigenvalue weighted by atomic mass is 32.1. The van der Waals surface area contributed by atoms with E-state index in [-0.39, 0.29) is 5.97 Å². The number of nitrogens with zero attached hydrogens (tertiary/aromatic N) is 2. The van der Waals surface area contributed by atoms with Crippen LogP contribution in [0.2, 0.25) is 0 Å². The summed E-state index contributed by atoms with van der Waals surface area (Å²) in [5, 5.41) is 0.825. The lowest BCUT2D eigenvalue weighted by atomic mass is 10.2. The van der Waals surface area contributed by atoms with Crippen LogP contribution >= 0.6 is 11.3 Å². The summed E-state index contributed by atoms with van der Waals surface area (Å²) in [6, 6.07) is 15.8. The van der Waals surface area contributed by atoms with E-state index in [2.05, 4.69) is 9.97 Å². The molecule has 0 spiro atoms. The molecule has 0 aliphatic heterocycles. The predicted molar refractivity (Wildman–Crippen MR) is 95.1 cm³/mol. The summed E-state index contributed by atoms with van der Waals surface area (Å²) in [5.41, 5.74) is 3.03.